The molecule has 0 atom stereocenters. The molecular weight excluding hydrogens is 282 g/mol. The monoisotopic (exact) mass is 309 g/mol. The van der Waals surface area contributed by atoms with Crippen molar-refractivity contribution in [1.29, 1.82) is 0 Å². The number of ether oxygens (including phenoxy) is 2. The maximum absolute atomic E-state index is 5.97. The van der Waals surface area contributed by atoms with Gasteiger partial charge in [-0.05, 0) is 31.1 Å². The fraction of sp³-hybridized carbons (Fsp3) is 0.647. The second kappa shape index (κ2) is 9.21. The molecule has 0 saturated heterocycles. The molecule has 118 valence electrons. The van der Waals surface area contributed by atoms with Gasteiger partial charge in [-0.15, -0.1) is 0 Å². The SMILES string of the molecule is CCCOc1ccc(CNC2CC2)c(OCCSCC)c1. The molecule has 3 nitrogen and oxygen atoms in total. The van der Waals surface area contributed by atoms with Crippen LogP contribution in [-0.4, -0.2) is 30.8 Å². The summed E-state index contributed by atoms with van der Waals surface area (Å²) in [6.45, 7) is 6.69. The van der Waals surface area contributed by atoms with Crippen molar-refractivity contribution in [3.05, 3.63) is 23.8 Å². The summed E-state index contributed by atoms with van der Waals surface area (Å²) >= 11 is 1.91. The van der Waals surface area contributed by atoms with Gasteiger partial charge in [0.15, 0.2) is 0 Å². The van der Waals surface area contributed by atoms with Crippen molar-refractivity contribution in [2.75, 3.05) is 24.7 Å². The average molecular weight is 309 g/mol. The standard InChI is InChI=1S/C17H27NO2S/c1-3-9-19-16-8-5-14(13-18-15-6-7-15)17(12-16)20-10-11-21-4-2/h5,8,12,15,18H,3-4,6-7,9-11,13H2,1-2H3. The number of hydrogen-bond donors (Lipinski definition) is 1. The zero-order chi connectivity index (χ0) is 14.9. The Balaban J connectivity index is 1.94. The number of hydrogen-bond acceptors (Lipinski definition) is 4. The fourth-order valence-corrected chi connectivity index (χ4v) is 2.51. The summed E-state index contributed by atoms with van der Waals surface area (Å²) in [6, 6.07) is 6.93. The van der Waals surface area contributed by atoms with Gasteiger partial charge in [-0.2, -0.15) is 11.8 Å². The Morgan fingerprint density at radius 2 is 2.05 bits per heavy atom. The summed E-state index contributed by atoms with van der Waals surface area (Å²) in [7, 11) is 0. The molecular formula is C17H27NO2S. The van der Waals surface area contributed by atoms with Gasteiger partial charge in [-0.25, -0.2) is 0 Å². The van der Waals surface area contributed by atoms with Crippen LogP contribution in [0, 0.1) is 0 Å². The van der Waals surface area contributed by atoms with Gasteiger partial charge in [0.25, 0.3) is 0 Å². The molecule has 0 unspecified atom stereocenters. The summed E-state index contributed by atoms with van der Waals surface area (Å²) in [4.78, 5) is 0. The molecule has 1 aromatic carbocycles. The average Bonchev–Trinajstić information content (AvgIpc) is 3.32. The van der Waals surface area contributed by atoms with Crippen LogP contribution < -0.4 is 14.8 Å². The molecule has 0 heterocycles. The quantitative estimate of drug-likeness (QED) is 0.629. The van der Waals surface area contributed by atoms with E-state index < -0.39 is 0 Å². The van der Waals surface area contributed by atoms with Crippen LogP contribution in [0.4, 0.5) is 0 Å². The van der Waals surface area contributed by atoms with Gasteiger partial charge >= 0.3 is 0 Å². The van der Waals surface area contributed by atoms with E-state index in [9.17, 15) is 0 Å². The van der Waals surface area contributed by atoms with E-state index in [1.807, 2.05) is 23.9 Å². The number of nitrogens with one attached hydrogen (secondary N) is 1. The van der Waals surface area contributed by atoms with Crippen LogP contribution in [0.3, 0.4) is 0 Å². The normalized spacial score (nSPS) is 14.2. The summed E-state index contributed by atoms with van der Waals surface area (Å²) in [5.74, 6) is 4.05. The third-order valence-electron chi connectivity index (χ3n) is 3.36. The molecule has 1 N–H and O–H groups in total. The topological polar surface area (TPSA) is 30.5 Å². The van der Waals surface area contributed by atoms with Crippen LogP contribution in [0.5, 0.6) is 11.5 Å². The number of thioether (sulfide) groups is 1. The van der Waals surface area contributed by atoms with Crippen molar-refractivity contribution >= 4 is 11.8 Å². The third-order valence-corrected chi connectivity index (χ3v) is 4.22. The lowest BCUT2D eigenvalue weighted by molar-refractivity contribution is 0.308. The van der Waals surface area contributed by atoms with E-state index in [2.05, 4.69) is 25.2 Å². The Labute approximate surface area is 132 Å². The van der Waals surface area contributed by atoms with Crippen molar-refractivity contribution in [2.45, 2.75) is 45.7 Å². The lowest BCUT2D eigenvalue weighted by Gasteiger charge is -2.14. The van der Waals surface area contributed by atoms with Crippen molar-refractivity contribution in [2.24, 2.45) is 0 Å². The molecule has 2 rings (SSSR count). The van der Waals surface area contributed by atoms with Gasteiger partial charge < -0.3 is 14.8 Å². The first kappa shape index (κ1) is 16.5. The molecule has 1 aromatic rings. The summed E-state index contributed by atoms with van der Waals surface area (Å²) < 4.78 is 11.7. The summed E-state index contributed by atoms with van der Waals surface area (Å²) in [5.41, 5.74) is 1.23. The van der Waals surface area contributed by atoms with Crippen LogP contribution in [0.1, 0.15) is 38.7 Å². The maximum Gasteiger partial charge on any atom is 0.127 e. The van der Waals surface area contributed by atoms with E-state index in [0.29, 0.717) is 6.04 Å². The molecule has 0 aromatic heterocycles. The van der Waals surface area contributed by atoms with Crippen LogP contribution in [-0.2, 0) is 6.54 Å². The molecule has 1 saturated carbocycles. The minimum absolute atomic E-state index is 0.713. The molecule has 1 aliphatic carbocycles. The van der Waals surface area contributed by atoms with Crippen LogP contribution in [0.25, 0.3) is 0 Å². The molecule has 4 heteroatoms. The molecule has 0 bridgehead atoms. The van der Waals surface area contributed by atoms with Gasteiger partial charge in [0.1, 0.15) is 11.5 Å². The largest absolute Gasteiger partial charge is 0.493 e. The van der Waals surface area contributed by atoms with E-state index in [0.717, 1.165) is 49.2 Å². The van der Waals surface area contributed by atoms with E-state index in [1.54, 1.807) is 0 Å². The van der Waals surface area contributed by atoms with Crippen LogP contribution in [0.15, 0.2) is 18.2 Å². The second-order valence-electron chi connectivity index (χ2n) is 5.32. The summed E-state index contributed by atoms with van der Waals surface area (Å²) in [6.07, 6.45) is 3.64. The zero-order valence-corrected chi connectivity index (χ0v) is 14.0. The van der Waals surface area contributed by atoms with Gasteiger partial charge in [0.2, 0.25) is 0 Å². The molecule has 0 radical (unpaired) electrons. The highest BCUT2D eigenvalue weighted by molar-refractivity contribution is 7.99. The second-order valence-corrected chi connectivity index (χ2v) is 6.71. The van der Waals surface area contributed by atoms with E-state index in [1.165, 1.54) is 18.4 Å². The van der Waals surface area contributed by atoms with Gasteiger partial charge in [0.05, 0.1) is 13.2 Å². The molecule has 0 amide bonds. The molecule has 0 aliphatic heterocycles. The van der Waals surface area contributed by atoms with Gasteiger partial charge in [-0.3, -0.25) is 0 Å². The van der Waals surface area contributed by atoms with Crippen molar-refractivity contribution in [3.8, 4) is 11.5 Å². The summed E-state index contributed by atoms with van der Waals surface area (Å²) in [5, 5.41) is 3.55. The Bertz CT molecular complexity index is 421. The van der Waals surface area contributed by atoms with Crippen molar-refractivity contribution in [1.82, 2.24) is 5.32 Å². The van der Waals surface area contributed by atoms with E-state index >= 15 is 0 Å². The zero-order valence-electron chi connectivity index (χ0n) is 13.2. The van der Waals surface area contributed by atoms with Crippen molar-refractivity contribution < 1.29 is 9.47 Å². The molecule has 0 spiro atoms. The highest BCUT2D eigenvalue weighted by Crippen LogP contribution is 2.27. The number of benzene rings is 1. The lowest BCUT2D eigenvalue weighted by Crippen LogP contribution is -2.16. The minimum Gasteiger partial charge on any atom is -0.493 e. The first-order valence-electron chi connectivity index (χ1n) is 8.03. The molecule has 1 fully saturated rings. The van der Waals surface area contributed by atoms with E-state index in [-0.39, 0.29) is 0 Å². The third kappa shape index (κ3) is 6.18. The maximum atomic E-state index is 5.97. The van der Waals surface area contributed by atoms with Crippen LogP contribution in [0.2, 0.25) is 0 Å². The lowest BCUT2D eigenvalue weighted by atomic mass is 10.2. The molecule has 1 aliphatic rings. The van der Waals surface area contributed by atoms with Gasteiger partial charge in [0, 0.05) is 30.0 Å². The predicted octanol–water partition coefficient (Wildman–Crippen LogP) is 3.86. The van der Waals surface area contributed by atoms with Crippen LogP contribution >= 0.6 is 11.8 Å². The Morgan fingerprint density at radius 1 is 1.19 bits per heavy atom. The highest BCUT2D eigenvalue weighted by atomic mass is 32.2. The Kier molecular flexibility index (Phi) is 7.24. The Hall–Kier alpha value is -0.870. The smallest absolute Gasteiger partial charge is 0.127 e. The minimum atomic E-state index is 0.713. The number of rotatable bonds is 11. The highest BCUT2D eigenvalue weighted by Gasteiger charge is 2.20. The van der Waals surface area contributed by atoms with E-state index in [4.69, 9.17) is 9.47 Å². The first-order chi connectivity index (χ1) is 10.3. The molecule has 21 heavy (non-hydrogen) atoms. The predicted molar refractivity (Wildman–Crippen MR) is 90.6 cm³/mol. The first-order valence-corrected chi connectivity index (χ1v) is 9.18. The van der Waals surface area contributed by atoms with Gasteiger partial charge in [-0.1, -0.05) is 19.9 Å². The fourth-order valence-electron chi connectivity index (χ4n) is 2.02. The van der Waals surface area contributed by atoms with Crippen molar-refractivity contribution in [3.63, 3.8) is 0 Å². The Morgan fingerprint density at radius 3 is 2.76 bits per heavy atom.